The van der Waals surface area contributed by atoms with Gasteiger partial charge in [-0.2, -0.15) is 10.2 Å². The maximum atomic E-state index is 12.0. The molecule has 2 aromatic rings. The van der Waals surface area contributed by atoms with E-state index in [2.05, 4.69) is 37.8 Å². The minimum Gasteiger partial charge on any atom is -0.285 e. The molecule has 0 fully saturated rings. The van der Waals surface area contributed by atoms with Gasteiger partial charge in [0.2, 0.25) is 5.78 Å². The molecule has 0 atom stereocenters. The van der Waals surface area contributed by atoms with Crippen LogP contribution in [0, 0.1) is 3.70 Å². The lowest BCUT2D eigenvalue weighted by molar-refractivity contribution is 0.102. The third kappa shape index (κ3) is 1.66. The van der Waals surface area contributed by atoms with E-state index in [1.54, 1.807) is 25.0 Å². The van der Waals surface area contributed by atoms with Gasteiger partial charge in [0.1, 0.15) is 10.0 Å². The molecule has 0 unspecified atom stereocenters. The van der Waals surface area contributed by atoms with E-state index in [1.165, 1.54) is 11.0 Å². The highest BCUT2D eigenvalue weighted by molar-refractivity contribution is 14.1. The normalized spacial score (nSPS) is 10.6. The summed E-state index contributed by atoms with van der Waals surface area (Å²) in [6.07, 6.45) is 2.90. The van der Waals surface area contributed by atoms with E-state index in [1.807, 2.05) is 0 Å². The summed E-state index contributed by atoms with van der Waals surface area (Å²) in [6, 6.07) is 0. The number of rotatable bonds is 2. The zero-order valence-electron chi connectivity index (χ0n) is 8.18. The van der Waals surface area contributed by atoms with Gasteiger partial charge in [-0.05, 0) is 22.6 Å². The highest BCUT2D eigenvalue weighted by Gasteiger charge is 2.19. The molecule has 0 N–H and O–H groups in total. The second-order valence-electron chi connectivity index (χ2n) is 3.01. The zero-order chi connectivity index (χ0) is 11.0. The van der Waals surface area contributed by atoms with Crippen LogP contribution in [-0.2, 0) is 14.1 Å². The summed E-state index contributed by atoms with van der Waals surface area (Å²) < 4.78 is 3.89. The number of carbonyl (C=O) groups is 1. The minimum atomic E-state index is -0.160. The quantitative estimate of drug-likeness (QED) is 0.593. The molecular formula is C8H8IN5O. The van der Waals surface area contributed by atoms with Crippen LogP contribution in [-0.4, -0.2) is 30.3 Å². The van der Waals surface area contributed by atoms with Crippen molar-refractivity contribution in [2.75, 3.05) is 0 Å². The Balaban J connectivity index is 2.46. The predicted octanol–water partition coefficient (Wildman–Crippen LogP) is 0.384. The monoisotopic (exact) mass is 317 g/mol. The number of hydrogen-bond acceptors (Lipinski definition) is 4. The number of hydrogen-bond donors (Lipinski definition) is 0. The Morgan fingerprint density at radius 3 is 2.53 bits per heavy atom. The lowest BCUT2D eigenvalue weighted by Gasteiger charge is -1.98. The van der Waals surface area contributed by atoms with E-state index in [0.717, 1.165) is 3.70 Å². The smallest absolute Gasteiger partial charge is 0.234 e. The van der Waals surface area contributed by atoms with Gasteiger partial charge in [-0.3, -0.25) is 9.48 Å². The largest absolute Gasteiger partial charge is 0.285 e. The van der Waals surface area contributed by atoms with Crippen LogP contribution >= 0.6 is 22.6 Å². The highest BCUT2D eigenvalue weighted by Crippen LogP contribution is 2.13. The van der Waals surface area contributed by atoms with Crippen molar-refractivity contribution in [3.63, 3.8) is 0 Å². The molecule has 0 bridgehead atoms. The first-order valence-electron chi connectivity index (χ1n) is 4.17. The van der Waals surface area contributed by atoms with Gasteiger partial charge in [0.25, 0.3) is 0 Å². The molecule has 0 aliphatic carbocycles. The summed E-state index contributed by atoms with van der Waals surface area (Å²) in [5.74, 6) is 0.161. The summed E-state index contributed by atoms with van der Waals surface area (Å²) >= 11 is 2.07. The first kappa shape index (κ1) is 10.3. The highest BCUT2D eigenvalue weighted by atomic mass is 127. The van der Waals surface area contributed by atoms with Gasteiger partial charge in [-0.25, -0.2) is 9.67 Å². The molecule has 6 nitrogen and oxygen atoms in total. The van der Waals surface area contributed by atoms with Crippen molar-refractivity contribution in [3.8, 4) is 0 Å². The van der Waals surface area contributed by atoms with Crippen molar-refractivity contribution in [3.05, 3.63) is 27.6 Å². The van der Waals surface area contributed by atoms with Gasteiger partial charge in [-0.1, -0.05) is 0 Å². The van der Waals surface area contributed by atoms with Crippen molar-refractivity contribution >= 4 is 28.4 Å². The van der Waals surface area contributed by atoms with Crippen molar-refractivity contribution in [2.45, 2.75) is 0 Å². The van der Waals surface area contributed by atoms with Gasteiger partial charge >= 0.3 is 0 Å². The fraction of sp³-hybridized carbons (Fsp3) is 0.250. The molecule has 2 rings (SSSR count). The summed E-state index contributed by atoms with van der Waals surface area (Å²) in [5.41, 5.74) is 0.550. The van der Waals surface area contributed by atoms with Gasteiger partial charge in [0.05, 0.1) is 11.8 Å². The maximum absolute atomic E-state index is 12.0. The second kappa shape index (κ2) is 3.72. The molecular weight excluding hydrogens is 309 g/mol. The molecule has 0 aliphatic rings. The van der Waals surface area contributed by atoms with Crippen molar-refractivity contribution in [1.29, 1.82) is 0 Å². The minimum absolute atomic E-state index is 0.160. The van der Waals surface area contributed by atoms with E-state index in [-0.39, 0.29) is 5.78 Å². The molecule has 0 saturated heterocycles. The SMILES string of the molecule is Cn1ncnc1C(=O)c1cnn(C)c1I. The number of ketones is 1. The van der Waals surface area contributed by atoms with Crippen LogP contribution < -0.4 is 0 Å². The Labute approximate surface area is 99.4 Å². The number of aryl methyl sites for hydroxylation is 2. The summed E-state index contributed by atoms with van der Waals surface area (Å²) in [7, 11) is 3.47. The second-order valence-corrected chi connectivity index (χ2v) is 4.03. The standard InChI is InChI=1S/C8H8IN5O/c1-13-7(9)5(3-11-13)6(15)8-10-4-12-14(8)2/h3-4H,1-2H3. The van der Waals surface area contributed by atoms with Gasteiger partial charge in [0.15, 0.2) is 5.82 Å². The number of nitrogens with zero attached hydrogens (tertiary/aromatic N) is 5. The molecule has 2 heterocycles. The van der Waals surface area contributed by atoms with Crippen LogP contribution in [0.3, 0.4) is 0 Å². The van der Waals surface area contributed by atoms with Gasteiger partial charge in [0, 0.05) is 14.1 Å². The van der Waals surface area contributed by atoms with Crippen molar-refractivity contribution in [1.82, 2.24) is 24.5 Å². The van der Waals surface area contributed by atoms with Crippen molar-refractivity contribution in [2.24, 2.45) is 14.1 Å². The lowest BCUT2D eigenvalue weighted by atomic mass is 10.2. The Hall–Kier alpha value is -1.25. The molecule has 78 valence electrons. The predicted molar refractivity (Wildman–Crippen MR) is 60.4 cm³/mol. The topological polar surface area (TPSA) is 65.6 Å². The molecule has 15 heavy (non-hydrogen) atoms. The Morgan fingerprint density at radius 2 is 2.07 bits per heavy atom. The average molecular weight is 317 g/mol. The van der Waals surface area contributed by atoms with Gasteiger partial charge in [-0.15, -0.1) is 0 Å². The zero-order valence-corrected chi connectivity index (χ0v) is 10.3. The van der Waals surface area contributed by atoms with E-state index >= 15 is 0 Å². The molecule has 0 aliphatic heterocycles. The van der Waals surface area contributed by atoms with Gasteiger partial charge < -0.3 is 0 Å². The molecule has 0 saturated carbocycles. The third-order valence-corrected chi connectivity index (χ3v) is 3.30. The van der Waals surface area contributed by atoms with E-state index in [9.17, 15) is 4.79 Å². The molecule has 0 aromatic carbocycles. The Kier molecular flexibility index (Phi) is 2.55. The maximum Gasteiger partial charge on any atom is 0.234 e. The molecule has 0 amide bonds. The fourth-order valence-corrected chi connectivity index (χ4v) is 1.71. The molecule has 2 aromatic heterocycles. The summed E-state index contributed by atoms with van der Waals surface area (Å²) in [4.78, 5) is 15.9. The lowest BCUT2D eigenvalue weighted by Crippen LogP contribution is -2.10. The average Bonchev–Trinajstić information content (AvgIpc) is 2.75. The molecule has 7 heteroatoms. The first-order valence-corrected chi connectivity index (χ1v) is 5.25. The number of halogens is 1. The van der Waals surface area contributed by atoms with Crippen LogP contribution in [0.2, 0.25) is 0 Å². The molecule has 0 spiro atoms. The van der Waals surface area contributed by atoms with Crippen LogP contribution in [0.4, 0.5) is 0 Å². The molecule has 0 radical (unpaired) electrons. The third-order valence-electron chi connectivity index (χ3n) is 2.03. The number of carbonyl (C=O) groups excluding carboxylic acids is 1. The van der Waals surface area contributed by atoms with E-state index in [0.29, 0.717) is 11.4 Å². The Bertz CT molecular complexity index is 515. The van der Waals surface area contributed by atoms with Crippen LogP contribution in [0.5, 0.6) is 0 Å². The first-order chi connectivity index (χ1) is 7.11. The summed E-state index contributed by atoms with van der Waals surface area (Å²) in [5, 5.41) is 7.86. The van der Waals surface area contributed by atoms with E-state index < -0.39 is 0 Å². The fourth-order valence-electron chi connectivity index (χ4n) is 1.20. The summed E-state index contributed by atoms with van der Waals surface area (Å²) in [6.45, 7) is 0. The van der Waals surface area contributed by atoms with Crippen molar-refractivity contribution < 1.29 is 4.79 Å². The van der Waals surface area contributed by atoms with Crippen LogP contribution in [0.1, 0.15) is 16.2 Å². The van der Waals surface area contributed by atoms with Crippen LogP contribution in [0.15, 0.2) is 12.5 Å². The van der Waals surface area contributed by atoms with E-state index in [4.69, 9.17) is 0 Å². The van der Waals surface area contributed by atoms with Crippen LogP contribution in [0.25, 0.3) is 0 Å². The Morgan fingerprint density at radius 1 is 1.33 bits per heavy atom. The number of aromatic nitrogens is 5.